The summed E-state index contributed by atoms with van der Waals surface area (Å²) in [5.74, 6) is 0.910. The third-order valence-corrected chi connectivity index (χ3v) is 4.73. The molecule has 0 radical (unpaired) electrons. The van der Waals surface area contributed by atoms with Crippen molar-refractivity contribution in [3.8, 4) is 5.75 Å². The minimum absolute atomic E-state index is 0.0985. The van der Waals surface area contributed by atoms with E-state index < -0.39 is 0 Å². The maximum atomic E-state index is 11.9. The van der Waals surface area contributed by atoms with E-state index in [9.17, 15) is 4.79 Å². The van der Waals surface area contributed by atoms with E-state index in [1.54, 1.807) is 0 Å². The number of carbonyl (C=O) groups excluding carboxylic acids is 1. The first-order valence-electron chi connectivity index (χ1n) is 8.68. The van der Waals surface area contributed by atoms with Crippen LogP contribution in [0.15, 0.2) is 48.5 Å². The molecule has 25 heavy (non-hydrogen) atoms. The molecule has 0 saturated carbocycles. The summed E-state index contributed by atoms with van der Waals surface area (Å²) in [5, 5.41) is 7.00. The topological polar surface area (TPSA) is 50.4 Å². The molecule has 1 heterocycles. The Morgan fingerprint density at radius 2 is 1.92 bits per heavy atom. The average molecular weight is 359 g/mol. The van der Waals surface area contributed by atoms with Crippen molar-refractivity contribution in [1.82, 2.24) is 10.6 Å². The molecule has 0 bridgehead atoms. The second kappa shape index (κ2) is 8.88. The fraction of sp³-hybridized carbons (Fsp3) is 0.350. The van der Waals surface area contributed by atoms with Gasteiger partial charge in [0.2, 0.25) is 5.91 Å². The van der Waals surface area contributed by atoms with Gasteiger partial charge in [-0.2, -0.15) is 0 Å². The summed E-state index contributed by atoms with van der Waals surface area (Å²) < 4.78 is 5.79. The van der Waals surface area contributed by atoms with Crippen LogP contribution in [-0.4, -0.2) is 18.5 Å². The predicted octanol–water partition coefficient (Wildman–Crippen LogP) is 3.68. The SMILES string of the molecule is O=C1NCCCCC1NCc1ccc(OCc2ccccc2Cl)cc1. The Bertz CT molecular complexity index is 703. The van der Waals surface area contributed by atoms with Crippen molar-refractivity contribution >= 4 is 17.5 Å². The number of hydrogen-bond acceptors (Lipinski definition) is 3. The number of nitrogens with one attached hydrogen (secondary N) is 2. The molecule has 1 unspecified atom stereocenters. The molecule has 5 heteroatoms. The van der Waals surface area contributed by atoms with Gasteiger partial charge in [0.1, 0.15) is 12.4 Å². The maximum absolute atomic E-state index is 11.9. The van der Waals surface area contributed by atoms with E-state index >= 15 is 0 Å². The Morgan fingerprint density at radius 3 is 2.72 bits per heavy atom. The second-order valence-electron chi connectivity index (χ2n) is 6.24. The lowest BCUT2D eigenvalue weighted by Gasteiger charge is -2.15. The van der Waals surface area contributed by atoms with Crippen molar-refractivity contribution in [2.24, 2.45) is 0 Å². The number of amides is 1. The van der Waals surface area contributed by atoms with E-state index in [0.29, 0.717) is 18.2 Å². The molecule has 4 nitrogen and oxygen atoms in total. The normalized spacial score (nSPS) is 17.6. The van der Waals surface area contributed by atoms with Crippen molar-refractivity contribution in [3.63, 3.8) is 0 Å². The number of carbonyl (C=O) groups is 1. The quantitative estimate of drug-likeness (QED) is 0.828. The molecule has 3 rings (SSSR count). The molecule has 1 saturated heterocycles. The van der Waals surface area contributed by atoms with Gasteiger partial charge in [-0.25, -0.2) is 0 Å². The molecule has 1 aliphatic rings. The van der Waals surface area contributed by atoms with Crippen molar-refractivity contribution in [2.75, 3.05) is 6.54 Å². The summed E-state index contributed by atoms with van der Waals surface area (Å²) in [5.41, 5.74) is 2.09. The van der Waals surface area contributed by atoms with Crippen molar-refractivity contribution in [3.05, 3.63) is 64.7 Å². The van der Waals surface area contributed by atoms with Gasteiger partial charge in [-0.15, -0.1) is 0 Å². The van der Waals surface area contributed by atoms with Crippen molar-refractivity contribution in [1.29, 1.82) is 0 Å². The molecule has 1 atom stereocenters. The zero-order valence-electron chi connectivity index (χ0n) is 14.1. The van der Waals surface area contributed by atoms with Crippen LogP contribution in [0.1, 0.15) is 30.4 Å². The van der Waals surface area contributed by atoms with Gasteiger partial charge in [0.15, 0.2) is 0 Å². The first-order valence-corrected chi connectivity index (χ1v) is 9.06. The number of rotatable bonds is 6. The van der Waals surface area contributed by atoms with E-state index in [0.717, 1.165) is 42.7 Å². The Kier molecular flexibility index (Phi) is 6.31. The highest BCUT2D eigenvalue weighted by molar-refractivity contribution is 6.31. The van der Waals surface area contributed by atoms with Crippen LogP contribution in [0.5, 0.6) is 5.75 Å². The van der Waals surface area contributed by atoms with Crippen LogP contribution >= 0.6 is 11.6 Å². The van der Waals surface area contributed by atoms with Gasteiger partial charge in [-0.3, -0.25) is 4.79 Å². The number of halogens is 1. The lowest BCUT2D eigenvalue weighted by Crippen LogP contribution is -2.42. The molecule has 1 aliphatic heterocycles. The van der Waals surface area contributed by atoms with Crippen LogP contribution in [0.4, 0.5) is 0 Å². The third-order valence-electron chi connectivity index (χ3n) is 4.36. The molecule has 1 fully saturated rings. The molecular formula is C20H23ClN2O2. The molecule has 2 N–H and O–H groups in total. The predicted molar refractivity (Wildman–Crippen MR) is 99.7 cm³/mol. The largest absolute Gasteiger partial charge is 0.489 e. The summed E-state index contributed by atoms with van der Waals surface area (Å²) in [6, 6.07) is 15.5. The highest BCUT2D eigenvalue weighted by atomic mass is 35.5. The Labute approximate surface area is 153 Å². The molecule has 0 spiro atoms. The standard InChI is InChI=1S/C20H23ClN2O2/c21-18-6-2-1-5-16(18)14-25-17-10-8-15(9-11-17)13-23-19-7-3-4-12-22-20(19)24/h1-2,5-6,8-11,19,23H,3-4,7,12-14H2,(H,22,24). The fourth-order valence-electron chi connectivity index (χ4n) is 2.86. The van der Waals surface area contributed by atoms with Gasteiger partial charge < -0.3 is 15.4 Å². The molecule has 0 aromatic heterocycles. The van der Waals surface area contributed by atoms with Gasteiger partial charge in [-0.1, -0.05) is 41.9 Å². The van der Waals surface area contributed by atoms with Crippen LogP contribution in [0.2, 0.25) is 5.02 Å². The van der Waals surface area contributed by atoms with Crippen molar-refractivity contribution in [2.45, 2.75) is 38.5 Å². The van der Waals surface area contributed by atoms with Crippen LogP contribution in [-0.2, 0) is 17.9 Å². The van der Waals surface area contributed by atoms with Crippen molar-refractivity contribution < 1.29 is 9.53 Å². The summed E-state index contributed by atoms with van der Waals surface area (Å²) >= 11 is 6.13. The molecule has 2 aromatic carbocycles. The van der Waals surface area contributed by atoms with Crippen LogP contribution in [0.3, 0.4) is 0 Å². The first-order chi connectivity index (χ1) is 12.2. The number of benzene rings is 2. The molecule has 0 aliphatic carbocycles. The molecule has 2 aromatic rings. The van der Waals surface area contributed by atoms with Crippen LogP contribution in [0, 0.1) is 0 Å². The summed E-state index contributed by atoms with van der Waals surface area (Å²) in [7, 11) is 0. The Hall–Kier alpha value is -2.04. The third kappa shape index (κ3) is 5.21. The lowest BCUT2D eigenvalue weighted by atomic mass is 10.1. The zero-order valence-corrected chi connectivity index (χ0v) is 14.9. The fourth-order valence-corrected chi connectivity index (χ4v) is 3.05. The molecule has 132 valence electrons. The van der Waals surface area contributed by atoms with Crippen LogP contribution in [0.25, 0.3) is 0 Å². The summed E-state index contributed by atoms with van der Waals surface area (Å²) in [6.07, 6.45) is 3.03. The lowest BCUT2D eigenvalue weighted by molar-refractivity contribution is -0.122. The maximum Gasteiger partial charge on any atom is 0.237 e. The smallest absolute Gasteiger partial charge is 0.237 e. The molecular weight excluding hydrogens is 336 g/mol. The number of hydrogen-bond donors (Lipinski definition) is 2. The highest BCUT2D eigenvalue weighted by Crippen LogP contribution is 2.19. The van der Waals surface area contributed by atoms with E-state index in [1.165, 1.54) is 0 Å². The molecule has 1 amide bonds. The Morgan fingerprint density at radius 1 is 1.12 bits per heavy atom. The van der Waals surface area contributed by atoms with Gasteiger partial charge in [-0.05, 0) is 43.0 Å². The minimum atomic E-state index is -0.0985. The second-order valence-corrected chi connectivity index (χ2v) is 6.65. The monoisotopic (exact) mass is 358 g/mol. The number of ether oxygens (including phenoxy) is 1. The summed E-state index contributed by atoms with van der Waals surface area (Å²) in [4.78, 5) is 11.9. The van der Waals surface area contributed by atoms with Gasteiger partial charge >= 0.3 is 0 Å². The average Bonchev–Trinajstić information content (AvgIpc) is 2.84. The van der Waals surface area contributed by atoms with E-state index in [1.807, 2.05) is 48.5 Å². The highest BCUT2D eigenvalue weighted by Gasteiger charge is 2.19. The first kappa shape index (κ1) is 17.8. The van der Waals surface area contributed by atoms with Gasteiger partial charge in [0.25, 0.3) is 0 Å². The van der Waals surface area contributed by atoms with Gasteiger partial charge in [0.05, 0.1) is 6.04 Å². The summed E-state index contributed by atoms with van der Waals surface area (Å²) in [6.45, 7) is 1.90. The van der Waals surface area contributed by atoms with Gasteiger partial charge in [0, 0.05) is 23.7 Å². The Balaban J connectivity index is 1.50. The van der Waals surface area contributed by atoms with E-state index in [2.05, 4.69) is 10.6 Å². The minimum Gasteiger partial charge on any atom is -0.489 e. The zero-order chi connectivity index (χ0) is 17.5. The van der Waals surface area contributed by atoms with E-state index in [4.69, 9.17) is 16.3 Å². The van der Waals surface area contributed by atoms with E-state index in [-0.39, 0.29) is 11.9 Å². The van der Waals surface area contributed by atoms with Crippen LogP contribution < -0.4 is 15.4 Å².